The van der Waals surface area contributed by atoms with Crippen molar-refractivity contribution >= 4 is 10.9 Å². The van der Waals surface area contributed by atoms with Crippen LogP contribution in [0.1, 0.15) is 5.56 Å². The molecule has 0 saturated heterocycles. The monoisotopic (exact) mass is 371 g/mol. The van der Waals surface area contributed by atoms with Crippen molar-refractivity contribution in [3.05, 3.63) is 94.6 Å². The quantitative estimate of drug-likeness (QED) is 0.509. The van der Waals surface area contributed by atoms with E-state index in [2.05, 4.69) is 16.7 Å². The van der Waals surface area contributed by atoms with E-state index in [1.165, 1.54) is 0 Å². The number of ether oxygens (including phenoxy) is 2. The summed E-state index contributed by atoms with van der Waals surface area (Å²) < 4.78 is 13.1. The molecule has 4 nitrogen and oxygen atoms in total. The molecule has 0 saturated carbocycles. The second-order valence-electron chi connectivity index (χ2n) is 6.56. The highest BCUT2D eigenvalue weighted by Crippen LogP contribution is 2.32. The largest absolute Gasteiger partial charge is 0.497 e. The van der Waals surface area contributed by atoms with E-state index in [4.69, 9.17) is 9.47 Å². The first-order chi connectivity index (χ1) is 13.7. The Morgan fingerprint density at radius 2 is 1.50 bits per heavy atom. The Morgan fingerprint density at radius 3 is 2.14 bits per heavy atom. The van der Waals surface area contributed by atoms with Gasteiger partial charge >= 0.3 is 0 Å². The summed E-state index contributed by atoms with van der Waals surface area (Å²) in [6.07, 6.45) is 0. The van der Waals surface area contributed by atoms with Gasteiger partial charge in [-0.25, -0.2) is 0 Å². The molecule has 0 aliphatic rings. The lowest BCUT2D eigenvalue weighted by Gasteiger charge is -2.19. The zero-order chi connectivity index (χ0) is 19.5. The minimum absolute atomic E-state index is 0.0716. The molecule has 0 N–H and O–H groups in total. The van der Waals surface area contributed by atoms with Crippen LogP contribution in [0.2, 0.25) is 0 Å². The molecular weight excluding hydrogens is 350 g/mol. The van der Waals surface area contributed by atoms with E-state index >= 15 is 0 Å². The van der Waals surface area contributed by atoms with Crippen LogP contribution in [0.15, 0.2) is 83.7 Å². The third-order valence-corrected chi connectivity index (χ3v) is 4.86. The molecule has 0 atom stereocenters. The van der Waals surface area contributed by atoms with Crippen molar-refractivity contribution in [3.8, 4) is 22.8 Å². The second kappa shape index (κ2) is 7.61. The smallest absolute Gasteiger partial charge is 0.193 e. The first-order valence-electron chi connectivity index (χ1n) is 9.10. The molecule has 1 heterocycles. The van der Waals surface area contributed by atoms with Gasteiger partial charge in [0.2, 0.25) is 0 Å². The van der Waals surface area contributed by atoms with Crippen molar-refractivity contribution in [2.45, 2.75) is 6.54 Å². The Morgan fingerprint density at radius 1 is 0.821 bits per heavy atom. The molecule has 0 aliphatic carbocycles. The van der Waals surface area contributed by atoms with Gasteiger partial charge in [-0.15, -0.1) is 0 Å². The number of rotatable bonds is 5. The lowest BCUT2D eigenvalue weighted by atomic mass is 10.1. The molecule has 0 bridgehead atoms. The Bertz CT molecular complexity index is 1170. The Kier molecular flexibility index (Phi) is 4.85. The van der Waals surface area contributed by atoms with E-state index in [1.807, 2.05) is 54.6 Å². The average molecular weight is 371 g/mol. The van der Waals surface area contributed by atoms with Crippen molar-refractivity contribution in [3.63, 3.8) is 0 Å². The number of aromatic nitrogens is 1. The summed E-state index contributed by atoms with van der Waals surface area (Å²) in [5.41, 5.74) is 3.70. The van der Waals surface area contributed by atoms with Crippen molar-refractivity contribution in [1.82, 2.24) is 4.57 Å². The lowest BCUT2D eigenvalue weighted by molar-refractivity contribution is 0.397. The zero-order valence-corrected chi connectivity index (χ0v) is 15.9. The second-order valence-corrected chi connectivity index (χ2v) is 6.56. The highest BCUT2D eigenvalue weighted by molar-refractivity contribution is 5.89. The maximum absolute atomic E-state index is 13.0. The Balaban J connectivity index is 2.08. The standard InChI is InChI=1S/C24H21NO3/c1-27-19-13-21-24(23(14-19)28-2)22(26)15-20(18-11-7-4-8-12-18)25(21)16-17-9-5-3-6-10-17/h3-15H,16H2,1-2H3. The van der Waals surface area contributed by atoms with Gasteiger partial charge in [-0.3, -0.25) is 4.79 Å². The summed E-state index contributed by atoms with van der Waals surface area (Å²) in [5, 5.41) is 0.555. The van der Waals surface area contributed by atoms with Crippen LogP contribution in [-0.2, 0) is 6.54 Å². The maximum Gasteiger partial charge on any atom is 0.193 e. The minimum Gasteiger partial charge on any atom is -0.497 e. The molecule has 140 valence electrons. The minimum atomic E-state index is -0.0716. The third-order valence-electron chi connectivity index (χ3n) is 4.86. The van der Waals surface area contributed by atoms with Gasteiger partial charge in [0.15, 0.2) is 5.43 Å². The van der Waals surface area contributed by atoms with Crippen LogP contribution in [0.3, 0.4) is 0 Å². The molecular formula is C24H21NO3. The van der Waals surface area contributed by atoms with Gasteiger partial charge < -0.3 is 14.0 Å². The van der Waals surface area contributed by atoms with Gasteiger partial charge in [0.25, 0.3) is 0 Å². The van der Waals surface area contributed by atoms with Gasteiger partial charge in [-0.1, -0.05) is 60.7 Å². The van der Waals surface area contributed by atoms with Crippen LogP contribution >= 0.6 is 0 Å². The molecule has 0 spiro atoms. The summed E-state index contributed by atoms with van der Waals surface area (Å²) >= 11 is 0. The molecule has 0 amide bonds. The van der Waals surface area contributed by atoms with Gasteiger partial charge in [-0.05, 0) is 11.1 Å². The highest BCUT2D eigenvalue weighted by Gasteiger charge is 2.16. The first kappa shape index (κ1) is 17.9. The van der Waals surface area contributed by atoms with Gasteiger partial charge in [-0.2, -0.15) is 0 Å². The average Bonchev–Trinajstić information content (AvgIpc) is 2.76. The van der Waals surface area contributed by atoms with Crippen LogP contribution in [-0.4, -0.2) is 18.8 Å². The lowest BCUT2D eigenvalue weighted by Crippen LogP contribution is -2.14. The molecule has 4 rings (SSSR count). The van der Waals surface area contributed by atoms with Crippen LogP contribution in [0.4, 0.5) is 0 Å². The first-order valence-corrected chi connectivity index (χ1v) is 9.10. The fourth-order valence-electron chi connectivity index (χ4n) is 3.50. The maximum atomic E-state index is 13.0. The van der Waals surface area contributed by atoms with E-state index in [0.29, 0.717) is 23.4 Å². The fraction of sp³-hybridized carbons (Fsp3) is 0.125. The summed E-state index contributed by atoms with van der Waals surface area (Å²) in [6.45, 7) is 0.623. The highest BCUT2D eigenvalue weighted by atomic mass is 16.5. The number of hydrogen-bond acceptors (Lipinski definition) is 3. The number of fused-ring (bicyclic) bond motifs is 1. The summed E-state index contributed by atoms with van der Waals surface area (Å²) in [4.78, 5) is 13.0. The van der Waals surface area contributed by atoms with Crippen LogP contribution in [0.5, 0.6) is 11.5 Å². The summed E-state index contributed by atoms with van der Waals surface area (Å²) in [6, 6.07) is 25.5. The van der Waals surface area contributed by atoms with E-state index in [9.17, 15) is 4.79 Å². The van der Waals surface area contributed by atoms with E-state index in [-0.39, 0.29) is 5.43 Å². The van der Waals surface area contributed by atoms with Gasteiger partial charge in [0.1, 0.15) is 11.5 Å². The fourth-order valence-corrected chi connectivity index (χ4v) is 3.50. The Hall–Kier alpha value is -3.53. The van der Waals surface area contributed by atoms with E-state index in [1.54, 1.807) is 26.4 Å². The normalized spacial score (nSPS) is 10.8. The molecule has 0 fully saturated rings. The topological polar surface area (TPSA) is 40.5 Å². The van der Waals surface area contributed by atoms with Crippen LogP contribution in [0, 0.1) is 0 Å². The molecule has 0 aliphatic heterocycles. The van der Waals surface area contributed by atoms with Crippen LogP contribution in [0.25, 0.3) is 22.2 Å². The molecule has 0 radical (unpaired) electrons. The zero-order valence-electron chi connectivity index (χ0n) is 15.9. The molecule has 4 aromatic rings. The molecule has 3 aromatic carbocycles. The van der Waals surface area contributed by atoms with Crippen LogP contribution < -0.4 is 14.9 Å². The molecule has 4 heteroatoms. The number of pyridine rings is 1. The summed E-state index contributed by atoms with van der Waals surface area (Å²) in [5.74, 6) is 1.16. The molecule has 1 aromatic heterocycles. The molecule has 28 heavy (non-hydrogen) atoms. The number of hydrogen-bond donors (Lipinski definition) is 0. The SMILES string of the molecule is COc1cc(OC)c2c(=O)cc(-c3ccccc3)n(Cc3ccccc3)c2c1. The number of methoxy groups -OCH3 is 2. The molecule has 0 unspecified atom stereocenters. The Labute approximate surface area is 163 Å². The van der Waals surface area contributed by atoms with Crippen molar-refractivity contribution in [1.29, 1.82) is 0 Å². The predicted octanol–water partition coefficient (Wildman–Crippen LogP) is 4.73. The third kappa shape index (κ3) is 3.25. The van der Waals surface area contributed by atoms with Gasteiger partial charge in [0.05, 0.1) is 30.8 Å². The van der Waals surface area contributed by atoms with E-state index < -0.39 is 0 Å². The van der Waals surface area contributed by atoms with Gasteiger partial charge in [0, 0.05) is 24.7 Å². The van der Waals surface area contributed by atoms with E-state index in [0.717, 1.165) is 22.3 Å². The summed E-state index contributed by atoms with van der Waals surface area (Å²) in [7, 11) is 3.18. The number of nitrogens with zero attached hydrogens (tertiary/aromatic N) is 1. The van der Waals surface area contributed by atoms with Crippen molar-refractivity contribution < 1.29 is 9.47 Å². The predicted molar refractivity (Wildman–Crippen MR) is 112 cm³/mol. The van der Waals surface area contributed by atoms with Crippen molar-refractivity contribution in [2.75, 3.05) is 14.2 Å². The number of benzene rings is 3. The van der Waals surface area contributed by atoms with Crippen molar-refractivity contribution in [2.24, 2.45) is 0 Å².